The van der Waals surface area contributed by atoms with Crippen molar-refractivity contribution in [1.82, 2.24) is 0 Å². The number of carbonyl (C=O) groups excluding carboxylic acids is 1. The zero-order valence-electron chi connectivity index (χ0n) is 8.03. The number of hydrogen-bond acceptors (Lipinski definition) is 3. The SMILES string of the molecule is CC(=O)CC(C)=C(CC(=O)O)C(=O)O. The van der Waals surface area contributed by atoms with E-state index in [4.69, 9.17) is 10.2 Å². The molecule has 0 aliphatic carbocycles. The monoisotopic (exact) mass is 200 g/mol. The van der Waals surface area contributed by atoms with Crippen LogP contribution < -0.4 is 0 Å². The van der Waals surface area contributed by atoms with Gasteiger partial charge in [0.2, 0.25) is 0 Å². The van der Waals surface area contributed by atoms with Crippen LogP contribution in [0.5, 0.6) is 0 Å². The molecule has 14 heavy (non-hydrogen) atoms. The zero-order chi connectivity index (χ0) is 11.3. The number of Topliss-reactive ketones (excluding diaryl/α,β-unsaturated/α-hetero) is 1. The summed E-state index contributed by atoms with van der Waals surface area (Å²) in [5.41, 5.74) is 0.0834. The standard InChI is InChI=1S/C9H12O5/c1-5(3-6(2)10)7(9(13)14)4-8(11)12/h3-4H2,1-2H3,(H,11,12)(H,13,14). The van der Waals surface area contributed by atoms with Gasteiger partial charge < -0.3 is 10.2 Å². The second-order valence-electron chi connectivity index (χ2n) is 3.01. The summed E-state index contributed by atoms with van der Waals surface area (Å²) in [6.45, 7) is 2.78. The van der Waals surface area contributed by atoms with Crippen LogP contribution in [0, 0.1) is 0 Å². The maximum atomic E-state index is 10.7. The van der Waals surface area contributed by atoms with E-state index in [-0.39, 0.29) is 17.8 Å². The lowest BCUT2D eigenvalue weighted by atomic mass is 10.0. The molecule has 0 unspecified atom stereocenters. The van der Waals surface area contributed by atoms with Gasteiger partial charge >= 0.3 is 11.9 Å². The minimum atomic E-state index is -1.29. The number of carboxylic acids is 2. The van der Waals surface area contributed by atoms with Crippen molar-refractivity contribution in [2.75, 3.05) is 0 Å². The number of aliphatic carboxylic acids is 2. The quantitative estimate of drug-likeness (QED) is 0.641. The fourth-order valence-electron chi connectivity index (χ4n) is 1.04. The average Bonchev–Trinajstić information content (AvgIpc) is 1.97. The van der Waals surface area contributed by atoms with Crippen molar-refractivity contribution in [2.45, 2.75) is 26.7 Å². The zero-order valence-corrected chi connectivity index (χ0v) is 8.03. The minimum Gasteiger partial charge on any atom is -0.481 e. The van der Waals surface area contributed by atoms with Crippen molar-refractivity contribution >= 4 is 17.7 Å². The first-order chi connectivity index (χ1) is 6.34. The van der Waals surface area contributed by atoms with Crippen molar-refractivity contribution in [3.8, 4) is 0 Å². The van der Waals surface area contributed by atoms with Crippen molar-refractivity contribution in [3.63, 3.8) is 0 Å². The Kier molecular flexibility index (Phi) is 4.55. The summed E-state index contributed by atoms with van der Waals surface area (Å²) in [5.74, 6) is -2.69. The number of rotatable bonds is 5. The third-order valence-corrected chi connectivity index (χ3v) is 1.62. The van der Waals surface area contributed by atoms with Gasteiger partial charge in [-0.15, -0.1) is 0 Å². The van der Waals surface area contributed by atoms with Crippen molar-refractivity contribution in [1.29, 1.82) is 0 Å². The molecule has 0 radical (unpaired) electrons. The predicted octanol–water partition coefficient (Wildman–Crippen LogP) is 0.841. The molecule has 5 heteroatoms. The van der Waals surface area contributed by atoms with Crippen LogP contribution in [0.4, 0.5) is 0 Å². The van der Waals surface area contributed by atoms with Crippen LogP contribution >= 0.6 is 0 Å². The minimum absolute atomic E-state index is 0.0189. The number of carboxylic acid groups (broad SMARTS) is 2. The Balaban J connectivity index is 4.85. The summed E-state index contributed by atoms with van der Waals surface area (Å²) in [5, 5.41) is 17.1. The van der Waals surface area contributed by atoms with E-state index in [1.165, 1.54) is 13.8 Å². The molecular formula is C9H12O5. The summed E-state index contributed by atoms with van der Waals surface area (Å²) in [6.07, 6.45) is -0.580. The average molecular weight is 200 g/mol. The summed E-state index contributed by atoms with van der Waals surface area (Å²) >= 11 is 0. The summed E-state index contributed by atoms with van der Waals surface area (Å²) in [4.78, 5) is 31.6. The second kappa shape index (κ2) is 5.16. The molecule has 0 aromatic heterocycles. The summed E-state index contributed by atoms with van der Waals surface area (Å²) in [7, 11) is 0. The largest absolute Gasteiger partial charge is 0.481 e. The number of hydrogen-bond donors (Lipinski definition) is 2. The molecule has 0 saturated heterocycles. The Morgan fingerprint density at radius 2 is 1.50 bits per heavy atom. The summed E-state index contributed by atoms with van der Waals surface area (Å²) < 4.78 is 0. The fourth-order valence-corrected chi connectivity index (χ4v) is 1.04. The predicted molar refractivity (Wildman–Crippen MR) is 47.9 cm³/mol. The Hall–Kier alpha value is -1.65. The molecule has 0 atom stereocenters. The Bertz CT molecular complexity index is 300. The molecule has 0 rings (SSSR count). The van der Waals surface area contributed by atoms with Gasteiger partial charge in [-0.1, -0.05) is 5.57 Å². The molecule has 0 aromatic carbocycles. The lowest BCUT2D eigenvalue weighted by Crippen LogP contribution is -2.10. The van der Waals surface area contributed by atoms with Gasteiger partial charge in [0.1, 0.15) is 5.78 Å². The highest BCUT2D eigenvalue weighted by molar-refractivity contribution is 5.94. The van der Waals surface area contributed by atoms with Crippen molar-refractivity contribution < 1.29 is 24.6 Å². The van der Waals surface area contributed by atoms with Crippen LogP contribution in [0.15, 0.2) is 11.1 Å². The van der Waals surface area contributed by atoms with E-state index >= 15 is 0 Å². The lowest BCUT2D eigenvalue weighted by molar-refractivity contribution is -0.139. The molecule has 0 aromatic rings. The third kappa shape index (κ3) is 4.39. The molecule has 0 fully saturated rings. The first-order valence-electron chi connectivity index (χ1n) is 3.97. The van der Waals surface area contributed by atoms with Gasteiger partial charge in [0, 0.05) is 12.0 Å². The molecule has 78 valence electrons. The van der Waals surface area contributed by atoms with E-state index in [1.807, 2.05) is 0 Å². The van der Waals surface area contributed by atoms with Crippen LogP contribution in [-0.4, -0.2) is 27.9 Å². The van der Waals surface area contributed by atoms with Crippen LogP contribution in [0.2, 0.25) is 0 Å². The molecular weight excluding hydrogens is 188 g/mol. The molecule has 0 aliphatic rings. The maximum absolute atomic E-state index is 10.7. The number of ketones is 1. The highest BCUT2D eigenvalue weighted by Gasteiger charge is 2.15. The van der Waals surface area contributed by atoms with E-state index in [0.717, 1.165) is 0 Å². The molecule has 0 aliphatic heterocycles. The van der Waals surface area contributed by atoms with E-state index < -0.39 is 18.4 Å². The fraction of sp³-hybridized carbons (Fsp3) is 0.444. The molecule has 0 heterocycles. The Morgan fingerprint density at radius 1 is 1.00 bits per heavy atom. The first kappa shape index (κ1) is 12.3. The molecule has 0 saturated carbocycles. The van der Waals surface area contributed by atoms with Crippen LogP contribution in [-0.2, 0) is 14.4 Å². The van der Waals surface area contributed by atoms with E-state index in [1.54, 1.807) is 0 Å². The van der Waals surface area contributed by atoms with Gasteiger partial charge in [-0.2, -0.15) is 0 Å². The van der Waals surface area contributed by atoms with E-state index in [9.17, 15) is 14.4 Å². The molecule has 5 nitrogen and oxygen atoms in total. The van der Waals surface area contributed by atoms with E-state index in [2.05, 4.69) is 0 Å². The highest BCUT2D eigenvalue weighted by atomic mass is 16.4. The van der Waals surface area contributed by atoms with Gasteiger partial charge in [-0.05, 0) is 13.8 Å². The lowest BCUT2D eigenvalue weighted by Gasteiger charge is -2.03. The smallest absolute Gasteiger partial charge is 0.332 e. The molecule has 0 spiro atoms. The van der Waals surface area contributed by atoms with Crippen LogP contribution in [0.3, 0.4) is 0 Å². The number of allylic oxidation sites excluding steroid dienone is 1. The second-order valence-corrected chi connectivity index (χ2v) is 3.01. The van der Waals surface area contributed by atoms with E-state index in [0.29, 0.717) is 5.57 Å². The topological polar surface area (TPSA) is 91.7 Å². The Morgan fingerprint density at radius 3 is 1.79 bits per heavy atom. The van der Waals surface area contributed by atoms with Gasteiger partial charge in [-0.25, -0.2) is 4.79 Å². The Labute approximate surface area is 81.0 Å². The normalized spacial score (nSPS) is 11.9. The van der Waals surface area contributed by atoms with Crippen LogP contribution in [0.1, 0.15) is 26.7 Å². The van der Waals surface area contributed by atoms with Gasteiger partial charge in [0.15, 0.2) is 0 Å². The highest BCUT2D eigenvalue weighted by Crippen LogP contribution is 2.13. The molecule has 2 N–H and O–H groups in total. The molecule has 0 bridgehead atoms. The first-order valence-corrected chi connectivity index (χ1v) is 3.97. The van der Waals surface area contributed by atoms with Crippen molar-refractivity contribution in [3.05, 3.63) is 11.1 Å². The number of carbonyl (C=O) groups is 3. The maximum Gasteiger partial charge on any atom is 0.332 e. The van der Waals surface area contributed by atoms with Gasteiger partial charge in [0.05, 0.1) is 6.42 Å². The molecule has 0 amide bonds. The van der Waals surface area contributed by atoms with Gasteiger partial charge in [0.25, 0.3) is 0 Å². The third-order valence-electron chi connectivity index (χ3n) is 1.62. The van der Waals surface area contributed by atoms with Gasteiger partial charge in [-0.3, -0.25) is 9.59 Å². The summed E-state index contributed by atoms with van der Waals surface area (Å²) in [6, 6.07) is 0. The van der Waals surface area contributed by atoms with Crippen molar-refractivity contribution in [2.24, 2.45) is 0 Å². The van der Waals surface area contributed by atoms with Crippen LogP contribution in [0.25, 0.3) is 0 Å².